The van der Waals surface area contributed by atoms with Crippen LogP contribution in [0.5, 0.6) is 0 Å². The molecule has 3 saturated heterocycles. The molecular formula is C22H25N3O5. The zero-order valence-corrected chi connectivity index (χ0v) is 16.8. The lowest BCUT2D eigenvalue weighted by atomic mass is 10.0. The summed E-state index contributed by atoms with van der Waals surface area (Å²) in [5, 5.41) is 0. The highest BCUT2D eigenvalue weighted by Gasteiger charge is 2.41. The summed E-state index contributed by atoms with van der Waals surface area (Å²) in [6.07, 6.45) is 4.58. The van der Waals surface area contributed by atoms with Crippen molar-refractivity contribution in [2.75, 3.05) is 39.4 Å². The second-order valence-electron chi connectivity index (χ2n) is 7.97. The zero-order chi connectivity index (χ0) is 20.6. The van der Waals surface area contributed by atoms with Crippen molar-refractivity contribution in [2.45, 2.75) is 31.5 Å². The van der Waals surface area contributed by atoms with E-state index in [9.17, 15) is 9.59 Å². The number of hydrogen-bond acceptors (Lipinski definition) is 6. The molecule has 1 aromatic carbocycles. The number of oxazole rings is 1. The SMILES string of the molecule is O=C(c1ccccc1-c1ocnc1C(=O)N1CCC2(CC1)OCCO2)N1CCCC1. The summed E-state index contributed by atoms with van der Waals surface area (Å²) < 4.78 is 17.1. The number of nitrogens with zero attached hydrogens (tertiary/aromatic N) is 3. The predicted molar refractivity (Wildman–Crippen MR) is 107 cm³/mol. The molecule has 8 heteroatoms. The molecule has 5 rings (SSSR count). The van der Waals surface area contributed by atoms with Crippen LogP contribution in [0, 0.1) is 0 Å². The topological polar surface area (TPSA) is 85.1 Å². The quantitative estimate of drug-likeness (QED) is 0.772. The van der Waals surface area contributed by atoms with Crippen molar-refractivity contribution in [3.63, 3.8) is 0 Å². The van der Waals surface area contributed by atoms with Crippen LogP contribution >= 0.6 is 0 Å². The first-order valence-corrected chi connectivity index (χ1v) is 10.6. The molecule has 3 aliphatic heterocycles. The van der Waals surface area contributed by atoms with Crippen LogP contribution in [0.1, 0.15) is 46.5 Å². The van der Waals surface area contributed by atoms with Crippen LogP contribution in [-0.2, 0) is 9.47 Å². The average Bonchev–Trinajstić information content (AvgIpc) is 3.55. The normalized spacial score (nSPS) is 20.8. The molecule has 0 aliphatic carbocycles. The van der Waals surface area contributed by atoms with Crippen LogP contribution in [-0.4, -0.2) is 71.8 Å². The summed E-state index contributed by atoms with van der Waals surface area (Å²) in [4.78, 5) is 34.1. The lowest BCUT2D eigenvalue weighted by molar-refractivity contribution is -0.181. The van der Waals surface area contributed by atoms with Crippen molar-refractivity contribution in [1.29, 1.82) is 0 Å². The van der Waals surface area contributed by atoms with Gasteiger partial charge in [-0.3, -0.25) is 9.59 Å². The maximum Gasteiger partial charge on any atom is 0.276 e. The minimum Gasteiger partial charge on any atom is -0.443 e. The van der Waals surface area contributed by atoms with Crippen molar-refractivity contribution >= 4 is 11.8 Å². The van der Waals surface area contributed by atoms with E-state index in [0.717, 1.165) is 25.9 Å². The Morgan fingerprint density at radius 2 is 1.57 bits per heavy atom. The second kappa shape index (κ2) is 7.85. The van der Waals surface area contributed by atoms with E-state index in [1.807, 2.05) is 23.1 Å². The van der Waals surface area contributed by atoms with E-state index in [2.05, 4.69) is 4.98 Å². The molecule has 1 aromatic heterocycles. The Hall–Kier alpha value is -2.71. The lowest BCUT2D eigenvalue weighted by Gasteiger charge is -2.37. The number of ether oxygens (including phenoxy) is 2. The predicted octanol–water partition coefficient (Wildman–Crippen LogP) is 2.56. The largest absolute Gasteiger partial charge is 0.443 e. The van der Waals surface area contributed by atoms with E-state index < -0.39 is 5.79 Å². The number of benzene rings is 1. The van der Waals surface area contributed by atoms with Crippen molar-refractivity contribution in [2.24, 2.45) is 0 Å². The van der Waals surface area contributed by atoms with Crippen LogP contribution in [0.15, 0.2) is 35.1 Å². The molecule has 0 saturated carbocycles. The van der Waals surface area contributed by atoms with Gasteiger partial charge in [-0.15, -0.1) is 0 Å². The highest BCUT2D eigenvalue weighted by Crippen LogP contribution is 2.33. The van der Waals surface area contributed by atoms with Gasteiger partial charge in [-0.2, -0.15) is 0 Å². The van der Waals surface area contributed by atoms with E-state index >= 15 is 0 Å². The third kappa shape index (κ3) is 3.40. The molecule has 0 atom stereocenters. The molecule has 0 bridgehead atoms. The Balaban J connectivity index is 1.39. The van der Waals surface area contributed by atoms with Crippen LogP contribution in [0.2, 0.25) is 0 Å². The summed E-state index contributed by atoms with van der Waals surface area (Å²) >= 11 is 0. The second-order valence-corrected chi connectivity index (χ2v) is 7.97. The van der Waals surface area contributed by atoms with E-state index in [1.54, 1.807) is 11.0 Å². The molecule has 0 unspecified atom stereocenters. The van der Waals surface area contributed by atoms with Gasteiger partial charge < -0.3 is 23.7 Å². The number of carbonyl (C=O) groups excluding carboxylic acids is 2. The number of carbonyl (C=O) groups is 2. The van der Waals surface area contributed by atoms with E-state index in [0.29, 0.717) is 56.0 Å². The molecular weight excluding hydrogens is 386 g/mol. The van der Waals surface area contributed by atoms with Crippen LogP contribution in [0.25, 0.3) is 11.3 Å². The molecule has 1 spiro atoms. The first-order chi connectivity index (χ1) is 14.7. The van der Waals surface area contributed by atoms with Crippen molar-refractivity contribution in [1.82, 2.24) is 14.8 Å². The van der Waals surface area contributed by atoms with E-state index in [-0.39, 0.29) is 17.5 Å². The summed E-state index contributed by atoms with van der Waals surface area (Å²) in [7, 11) is 0. The minimum absolute atomic E-state index is 0.0339. The van der Waals surface area contributed by atoms with Crippen LogP contribution in [0.4, 0.5) is 0 Å². The molecule has 2 amide bonds. The summed E-state index contributed by atoms with van der Waals surface area (Å²) in [6.45, 7) is 3.77. The Bertz CT molecular complexity index is 934. The smallest absolute Gasteiger partial charge is 0.276 e. The van der Waals surface area contributed by atoms with Crippen LogP contribution in [0.3, 0.4) is 0 Å². The highest BCUT2D eigenvalue weighted by molar-refractivity contribution is 6.04. The van der Waals surface area contributed by atoms with Crippen molar-refractivity contribution in [3.8, 4) is 11.3 Å². The fraction of sp³-hybridized carbons (Fsp3) is 0.500. The lowest BCUT2D eigenvalue weighted by Crippen LogP contribution is -2.47. The fourth-order valence-electron chi connectivity index (χ4n) is 4.53. The monoisotopic (exact) mass is 411 g/mol. The number of hydrogen-bond donors (Lipinski definition) is 0. The fourth-order valence-corrected chi connectivity index (χ4v) is 4.53. The van der Waals surface area contributed by atoms with Gasteiger partial charge in [-0.05, 0) is 18.9 Å². The number of rotatable bonds is 3. The third-order valence-corrected chi connectivity index (χ3v) is 6.19. The highest BCUT2D eigenvalue weighted by atomic mass is 16.7. The molecule has 3 aliphatic rings. The first kappa shape index (κ1) is 19.3. The van der Waals surface area contributed by atoms with E-state index in [1.165, 1.54) is 6.39 Å². The standard InChI is InChI=1S/C22H25N3O5/c26-20(24-9-3-4-10-24)17-6-2-1-5-16(17)19-18(23-15-28-19)21(27)25-11-7-22(8-12-25)29-13-14-30-22/h1-2,5-6,15H,3-4,7-14H2. The third-order valence-electron chi connectivity index (χ3n) is 6.19. The van der Waals surface area contributed by atoms with Crippen LogP contribution < -0.4 is 0 Å². The van der Waals surface area contributed by atoms with Gasteiger partial charge in [0.2, 0.25) is 0 Å². The van der Waals surface area contributed by atoms with Crippen molar-refractivity contribution in [3.05, 3.63) is 41.9 Å². The van der Waals surface area contributed by atoms with Gasteiger partial charge >= 0.3 is 0 Å². The number of amides is 2. The molecule has 8 nitrogen and oxygen atoms in total. The summed E-state index contributed by atoms with van der Waals surface area (Å²) in [5.41, 5.74) is 1.38. The van der Waals surface area contributed by atoms with Gasteiger partial charge in [-0.1, -0.05) is 18.2 Å². The zero-order valence-electron chi connectivity index (χ0n) is 16.8. The number of piperidine rings is 1. The molecule has 0 radical (unpaired) electrons. The summed E-state index contributed by atoms with van der Waals surface area (Å²) in [5.74, 6) is -0.432. The number of aromatic nitrogens is 1. The van der Waals surface area contributed by atoms with Crippen molar-refractivity contribution < 1.29 is 23.5 Å². The van der Waals surface area contributed by atoms with E-state index in [4.69, 9.17) is 13.9 Å². The summed E-state index contributed by atoms with van der Waals surface area (Å²) in [6, 6.07) is 7.26. The maximum atomic E-state index is 13.2. The molecule has 2 aromatic rings. The minimum atomic E-state index is -0.543. The molecule has 3 fully saturated rings. The Morgan fingerprint density at radius 1 is 0.900 bits per heavy atom. The van der Waals surface area contributed by atoms with Gasteiger partial charge in [0.15, 0.2) is 23.6 Å². The average molecular weight is 411 g/mol. The Labute approximate surface area is 174 Å². The van der Waals surface area contributed by atoms with Gasteiger partial charge in [-0.25, -0.2) is 4.98 Å². The first-order valence-electron chi connectivity index (χ1n) is 10.6. The maximum absolute atomic E-state index is 13.2. The Kier molecular flexibility index (Phi) is 5.04. The van der Waals surface area contributed by atoms with Gasteiger partial charge in [0.1, 0.15) is 0 Å². The Morgan fingerprint density at radius 3 is 2.30 bits per heavy atom. The molecule has 158 valence electrons. The molecule has 4 heterocycles. The number of likely N-dealkylation sites (tertiary alicyclic amines) is 2. The van der Waals surface area contributed by atoms with Gasteiger partial charge in [0.05, 0.1) is 18.8 Å². The van der Waals surface area contributed by atoms with Gasteiger partial charge in [0.25, 0.3) is 11.8 Å². The molecule has 0 N–H and O–H groups in total. The van der Waals surface area contributed by atoms with Gasteiger partial charge in [0, 0.05) is 44.6 Å². The molecule has 30 heavy (non-hydrogen) atoms.